The van der Waals surface area contributed by atoms with Gasteiger partial charge in [-0.2, -0.15) is 0 Å². The first-order valence-electron chi connectivity index (χ1n) is 9.77. The molecule has 2 N–H and O–H groups in total. The third kappa shape index (κ3) is 4.88. The second-order valence-corrected chi connectivity index (χ2v) is 6.83. The lowest BCUT2D eigenvalue weighted by Gasteiger charge is -2.15. The van der Waals surface area contributed by atoms with Crippen molar-refractivity contribution in [3.63, 3.8) is 0 Å². The van der Waals surface area contributed by atoms with Gasteiger partial charge in [-0.05, 0) is 61.2 Å². The molecule has 0 aliphatic rings. The lowest BCUT2D eigenvalue weighted by atomic mass is 10.0. The summed E-state index contributed by atoms with van der Waals surface area (Å²) in [6, 6.07) is 14.9. The number of benzene rings is 2. The van der Waals surface area contributed by atoms with Crippen LogP contribution in [-0.2, 0) is 12.8 Å². The number of carbonyl (C=O) groups is 2. The largest absolute Gasteiger partial charge is 0.354 e. The number of carbonyl (C=O) groups excluding carboxylic acids is 2. The number of Topliss-reactive ketones (excluding diaryl/α,β-unsaturated/α-hetero) is 1. The molecule has 1 heterocycles. The molecule has 0 fully saturated rings. The van der Waals surface area contributed by atoms with E-state index in [-0.39, 0.29) is 11.7 Å². The molecular formula is C24H25N3O2. The van der Waals surface area contributed by atoms with Crippen LogP contribution in [0.15, 0.2) is 60.9 Å². The second kappa shape index (κ2) is 9.15. The molecule has 3 rings (SSSR count). The number of ketones is 1. The van der Waals surface area contributed by atoms with E-state index in [1.54, 1.807) is 36.5 Å². The van der Waals surface area contributed by atoms with E-state index in [4.69, 9.17) is 0 Å². The normalized spacial score (nSPS) is 10.4. The van der Waals surface area contributed by atoms with Crippen molar-refractivity contribution < 1.29 is 9.59 Å². The van der Waals surface area contributed by atoms with Gasteiger partial charge in [0.25, 0.3) is 5.91 Å². The molecule has 1 aromatic heterocycles. The van der Waals surface area contributed by atoms with Crippen molar-refractivity contribution in [3.8, 4) is 0 Å². The Labute approximate surface area is 171 Å². The quantitative estimate of drug-likeness (QED) is 0.532. The maximum atomic E-state index is 12.6. The van der Waals surface area contributed by atoms with Gasteiger partial charge in [0.15, 0.2) is 5.78 Å². The molecule has 1 amide bonds. The molecule has 0 saturated heterocycles. The number of pyridine rings is 1. The molecule has 29 heavy (non-hydrogen) atoms. The lowest BCUT2D eigenvalue weighted by Crippen LogP contribution is -2.12. The molecule has 3 aromatic rings. The van der Waals surface area contributed by atoms with Crippen molar-refractivity contribution in [2.75, 3.05) is 10.6 Å². The summed E-state index contributed by atoms with van der Waals surface area (Å²) in [5.41, 5.74) is 5.99. The highest BCUT2D eigenvalue weighted by molar-refractivity contribution is 6.05. The number of aryl methyl sites for hydroxylation is 2. The fourth-order valence-corrected chi connectivity index (χ4v) is 3.17. The molecule has 0 spiro atoms. The first-order chi connectivity index (χ1) is 14.0. The van der Waals surface area contributed by atoms with Crippen molar-refractivity contribution in [1.82, 2.24) is 4.98 Å². The van der Waals surface area contributed by atoms with Gasteiger partial charge in [-0.1, -0.05) is 32.0 Å². The molecule has 0 radical (unpaired) electrons. The van der Waals surface area contributed by atoms with E-state index in [9.17, 15) is 9.59 Å². The highest BCUT2D eigenvalue weighted by atomic mass is 16.1. The predicted octanol–water partition coefficient (Wildman–Crippen LogP) is 5.40. The summed E-state index contributed by atoms with van der Waals surface area (Å²) in [4.78, 5) is 28.2. The van der Waals surface area contributed by atoms with Crippen LogP contribution < -0.4 is 10.6 Å². The summed E-state index contributed by atoms with van der Waals surface area (Å²) in [7, 11) is 0. The van der Waals surface area contributed by atoms with Gasteiger partial charge < -0.3 is 10.6 Å². The fourth-order valence-electron chi connectivity index (χ4n) is 3.17. The van der Waals surface area contributed by atoms with Gasteiger partial charge in [0.05, 0.1) is 17.4 Å². The average molecular weight is 387 g/mol. The van der Waals surface area contributed by atoms with E-state index in [0.29, 0.717) is 16.8 Å². The van der Waals surface area contributed by atoms with Crippen LogP contribution in [0.5, 0.6) is 0 Å². The minimum atomic E-state index is -0.254. The zero-order chi connectivity index (χ0) is 20.8. The van der Waals surface area contributed by atoms with Gasteiger partial charge in [-0.25, -0.2) is 0 Å². The number of hydrogen-bond donors (Lipinski definition) is 2. The van der Waals surface area contributed by atoms with Crippen molar-refractivity contribution in [1.29, 1.82) is 0 Å². The Hall–Kier alpha value is -3.47. The van der Waals surface area contributed by atoms with Gasteiger partial charge in [0.1, 0.15) is 0 Å². The van der Waals surface area contributed by atoms with E-state index < -0.39 is 0 Å². The van der Waals surface area contributed by atoms with E-state index in [1.165, 1.54) is 24.2 Å². The number of amides is 1. The summed E-state index contributed by atoms with van der Waals surface area (Å²) in [5.74, 6) is -0.263. The van der Waals surface area contributed by atoms with Crippen LogP contribution in [0.2, 0.25) is 0 Å². The van der Waals surface area contributed by atoms with Crippen LogP contribution in [0.3, 0.4) is 0 Å². The SMILES string of the molecule is CCc1cccc(CC)c1Nc1cncc(C(=O)Nc2ccc(C(C)=O)cc2)c1. The van der Waals surface area contributed by atoms with Crippen LogP contribution in [0.25, 0.3) is 0 Å². The van der Waals surface area contributed by atoms with Crippen LogP contribution in [0.4, 0.5) is 17.1 Å². The number of nitrogens with one attached hydrogen (secondary N) is 2. The Morgan fingerprint density at radius 1 is 0.862 bits per heavy atom. The Morgan fingerprint density at radius 3 is 2.10 bits per heavy atom. The van der Waals surface area contributed by atoms with Crippen molar-refractivity contribution in [2.45, 2.75) is 33.6 Å². The van der Waals surface area contributed by atoms with Gasteiger partial charge in [0.2, 0.25) is 0 Å². The van der Waals surface area contributed by atoms with E-state index in [2.05, 4.69) is 47.7 Å². The third-order valence-electron chi connectivity index (χ3n) is 4.82. The molecule has 5 heteroatoms. The Kier molecular flexibility index (Phi) is 6.39. The number of para-hydroxylation sites is 1. The highest BCUT2D eigenvalue weighted by Gasteiger charge is 2.11. The highest BCUT2D eigenvalue weighted by Crippen LogP contribution is 2.26. The maximum Gasteiger partial charge on any atom is 0.257 e. The smallest absolute Gasteiger partial charge is 0.257 e. The molecule has 0 atom stereocenters. The predicted molar refractivity (Wildman–Crippen MR) is 117 cm³/mol. The Balaban J connectivity index is 1.79. The molecular weight excluding hydrogens is 362 g/mol. The molecule has 148 valence electrons. The van der Waals surface area contributed by atoms with E-state index >= 15 is 0 Å². The monoisotopic (exact) mass is 387 g/mol. The molecule has 0 bridgehead atoms. The van der Waals surface area contributed by atoms with Crippen molar-refractivity contribution >= 4 is 28.8 Å². The summed E-state index contributed by atoms with van der Waals surface area (Å²) in [6.07, 6.45) is 5.08. The van der Waals surface area contributed by atoms with Gasteiger partial charge >= 0.3 is 0 Å². The number of hydrogen-bond acceptors (Lipinski definition) is 4. The topological polar surface area (TPSA) is 71.1 Å². The van der Waals surface area contributed by atoms with Gasteiger partial charge in [-0.3, -0.25) is 14.6 Å². The summed E-state index contributed by atoms with van der Waals surface area (Å²) in [6.45, 7) is 5.76. The van der Waals surface area contributed by atoms with Gasteiger partial charge in [0, 0.05) is 23.1 Å². The molecule has 0 aliphatic heterocycles. The molecule has 0 unspecified atom stereocenters. The fraction of sp³-hybridized carbons (Fsp3) is 0.208. The third-order valence-corrected chi connectivity index (χ3v) is 4.82. The van der Waals surface area contributed by atoms with Crippen molar-refractivity contribution in [2.24, 2.45) is 0 Å². The van der Waals surface area contributed by atoms with E-state index in [1.807, 2.05) is 0 Å². The maximum absolute atomic E-state index is 12.6. The standard InChI is InChI=1S/C24H25N3O2/c1-4-17-7-6-8-18(5-2)23(17)26-22-13-20(14-25-15-22)24(29)27-21-11-9-19(10-12-21)16(3)28/h6-15,26H,4-5H2,1-3H3,(H,27,29). The summed E-state index contributed by atoms with van der Waals surface area (Å²) >= 11 is 0. The zero-order valence-corrected chi connectivity index (χ0v) is 17.0. The molecule has 0 aliphatic carbocycles. The van der Waals surface area contributed by atoms with Gasteiger partial charge in [-0.15, -0.1) is 0 Å². The van der Waals surface area contributed by atoms with Crippen LogP contribution in [0.1, 0.15) is 52.6 Å². The summed E-state index contributed by atoms with van der Waals surface area (Å²) < 4.78 is 0. The zero-order valence-electron chi connectivity index (χ0n) is 17.0. The summed E-state index contributed by atoms with van der Waals surface area (Å²) in [5, 5.41) is 6.28. The van der Waals surface area contributed by atoms with Crippen molar-refractivity contribution in [3.05, 3.63) is 83.2 Å². The Bertz CT molecular complexity index is 1000. The minimum absolute atomic E-state index is 0.00957. The molecule has 5 nitrogen and oxygen atoms in total. The number of rotatable bonds is 7. The second-order valence-electron chi connectivity index (χ2n) is 6.83. The molecule has 0 saturated carbocycles. The minimum Gasteiger partial charge on any atom is -0.354 e. The van der Waals surface area contributed by atoms with Crippen LogP contribution >= 0.6 is 0 Å². The van der Waals surface area contributed by atoms with Crippen LogP contribution in [-0.4, -0.2) is 16.7 Å². The number of aromatic nitrogens is 1. The number of anilines is 3. The van der Waals surface area contributed by atoms with E-state index in [0.717, 1.165) is 24.2 Å². The first kappa shape index (κ1) is 20.3. The van der Waals surface area contributed by atoms with Crippen LogP contribution in [0, 0.1) is 0 Å². The lowest BCUT2D eigenvalue weighted by molar-refractivity contribution is 0.101. The number of nitrogens with zero attached hydrogens (tertiary/aromatic N) is 1. The Morgan fingerprint density at radius 2 is 1.52 bits per heavy atom. The molecule has 2 aromatic carbocycles. The first-order valence-corrected chi connectivity index (χ1v) is 9.77. The average Bonchev–Trinajstić information content (AvgIpc) is 2.74.